The van der Waals surface area contributed by atoms with Crippen LogP contribution in [-0.4, -0.2) is 19.5 Å². The highest BCUT2D eigenvalue weighted by Gasteiger charge is 2.05. The number of ether oxygens (including phenoxy) is 1. The van der Waals surface area contributed by atoms with Crippen LogP contribution in [0.4, 0.5) is 0 Å². The lowest BCUT2D eigenvalue weighted by Gasteiger charge is -2.13. The molecule has 0 radical (unpaired) electrons. The van der Waals surface area contributed by atoms with Gasteiger partial charge in [0.15, 0.2) is 0 Å². The first-order valence-corrected chi connectivity index (χ1v) is 5.36. The van der Waals surface area contributed by atoms with E-state index < -0.39 is 0 Å². The Labute approximate surface area is 81.7 Å². The van der Waals surface area contributed by atoms with Crippen LogP contribution in [0.1, 0.15) is 46.0 Å². The number of hydrogen-bond acceptors (Lipinski definition) is 2. The molecule has 0 rings (SSSR count). The average Bonchev–Trinajstić information content (AvgIpc) is 2.17. The second-order valence-electron chi connectivity index (χ2n) is 3.45. The summed E-state index contributed by atoms with van der Waals surface area (Å²) < 4.78 is 5.51. The Morgan fingerprint density at radius 2 is 2.15 bits per heavy atom. The van der Waals surface area contributed by atoms with E-state index in [9.17, 15) is 4.79 Å². The van der Waals surface area contributed by atoms with E-state index in [1.54, 1.807) is 0 Å². The first-order chi connectivity index (χ1) is 6.35. The normalized spacial score (nSPS) is 12.8. The molecule has 13 heavy (non-hydrogen) atoms. The van der Waals surface area contributed by atoms with Crippen LogP contribution in [0.15, 0.2) is 0 Å². The largest absolute Gasteiger partial charge is 0.381 e. The van der Waals surface area contributed by atoms with Gasteiger partial charge in [-0.05, 0) is 18.8 Å². The third-order valence-electron chi connectivity index (χ3n) is 2.27. The minimum atomic E-state index is 0.571. The Morgan fingerprint density at radius 3 is 2.69 bits per heavy atom. The van der Waals surface area contributed by atoms with Gasteiger partial charge in [0.2, 0.25) is 0 Å². The summed E-state index contributed by atoms with van der Waals surface area (Å²) in [6.07, 6.45) is 6.09. The van der Waals surface area contributed by atoms with E-state index in [1.165, 1.54) is 6.42 Å². The number of carbonyl (C=O) groups excluding carboxylic acids is 1. The zero-order chi connectivity index (χ0) is 9.94. The predicted octanol–water partition coefficient (Wildman–Crippen LogP) is 2.81. The molecule has 2 heteroatoms. The summed E-state index contributed by atoms with van der Waals surface area (Å²) in [6.45, 7) is 6.00. The minimum absolute atomic E-state index is 0.571. The fourth-order valence-electron chi connectivity index (χ4n) is 1.21. The molecule has 0 fully saturated rings. The van der Waals surface area contributed by atoms with Gasteiger partial charge in [0.1, 0.15) is 6.29 Å². The summed E-state index contributed by atoms with van der Waals surface area (Å²) in [5, 5.41) is 0. The zero-order valence-corrected chi connectivity index (χ0v) is 8.92. The lowest BCUT2D eigenvalue weighted by molar-refractivity contribution is -0.108. The molecule has 0 saturated carbocycles. The molecule has 0 aromatic heterocycles. The van der Waals surface area contributed by atoms with E-state index in [-0.39, 0.29) is 0 Å². The van der Waals surface area contributed by atoms with Gasteiger partial charge in [0, 0.05) is 19.6 Å². The molecule has 0 aromatic carbocycles. The molecule has 0 N–H and O–H groups in total. The van der Waals surface area contributed by atoms with Crippen LogP contribution in [-0.2, 0) is 9.53 Å². The second kappa shape index (κ2) is 9.72. The molecule has 0 spiro atoms. The van der Waals surface area contributed by atoms with E-state index in [0.29, 0.717) is 12.3 Å². The summed E-state index contributed by atoms with van der Waals surface area (Å²) in [5.41, 5.74) is 0. The summed E-state index contributed by atoms with van der Waals surface area (Å²) in [6, 6.07) is 0. The van der Waals surface area contributed by atoms with Crippen molar-refractivity contribution >= 4 is 6.29 Å². The summed E-state index contributed by atoms with van der Waals surface area (Å²) in [7, 11) is 0. The minimum Gasteiger partial charge on any atom is -0.381 e. The molecule has 0 amide bonds. The predicted molar refractivity (Wildman–Crippen MR) is 54.8 cm³/mol. The van der Waals surface area contributed by atoms with Crippen molar-refractivity contribution < 1.29 is 9.53 Å². The first kappa shape index (κ1) is 12.6. The van der Waals surface area contributed by atoms with Crippen LogP contribution >= 0.6 is 0 Å². The molecule has 0 aliphatic heterocycles. The maximum Gasteiger partial charge on any atom is 0.120 e. The SMILES string of the molecule is CCCCOC[C@H](CC)CCC=O. The number of rotatable bonds is 9. The Hall–Kier alpha value is -0.370. The van der Waals surface area contributed by atoms with Crippen LogP contribution in [0.2, 0.25) is 0 Å². The Bertz CT molecular complexity index is 113. The van der Waals surface area contributed by atoms with Crippen molar-refractivity contribution in [2.45, 2.75) is 46.0 Å². The monoisotopic (exact) mass is 186 g/mol. The quantitative estimate of drug-likeness (QED) is 0.409. The number of carbonyl (C=O) groups is 1. The van der Waals surface area contributed by atoms with Gasteiger partial charge in [-0.15, -0.1) is 0 Å². The maximum absolute atomic E-state index is 10.2. The zero-order valence-electron chi connectivity index (χ0n) is 8.92. The van der Waals surface area contributed by atoms with Gasteiger partial charge in [0.25, 0.3) is 0 Å². The lowest BCUT2D eigenvalue weighted by atomic mass is 10.0. The van der Waals surface area contributed by atoms with Crippen molar-refractivity contribution in [1.82, 2.24) is 0 Å². The smallest absolute Gasteiger partial charge is 0.120 e. The first-order valence-electron chi connectivity index (χ1n) is 5.36. The van der Waals surface area contributed by atoms with Crippen LogP contribution in [0, 0.1) is 5.92 Å². The Balaban J connectivity index is 3.30. The van der Waals surface area contributed by atoms with Crippen molar-refractivity contribution in [3.63, 3.8) is 0 Å². The van der Waals surface area contributed by atoms with E-state index in [2.05, 4.69) is 13.8 Å². The molecule has 0 aliphatic rings. The molecule has 0 aromatic rings. The van der Waals surface area contributed by atoms with Crippen LogP contribution in [0.3, 0.4) is 0 Å². The molecule has 0 aliphatic carbocycles. The molecule has 78 valence electrons. The van der Waals surface area contributed by atoms with E-state index in [1.807, 2.05) is 0 Å². The highest BCUT2D eigenvalue weighted by molar-refractivity contribution is 5.49. The van der Waals surface area contributed by atoms with E-state index in [4.69, 9.17) is 4.74 Å². The number of hydrogen-bond donors (Lipinski definition) is 0. The maximum atomic E-state index is 10.2. The molecule has 0 saturated heterocycles. The standard InChI is InChI=1S/C11H22O2/c1-3-5-9-13-10-11(4-2)7-6-8-12/h8,11H,3-7,9-10H2,1-2H3/t11-/m1/s1. The third kappa shape index (κ3) is 7.97. The molecular formula is C11H22O2. The van der Waals surface area contributed by atoms with Crippen molar-refractivity contribution in [3.05, 3.63) is 0 Å². The van der Waals surface area contributed by atoms with Gasteiger partial charge >= 0.3 is 0 Å². The van der Waals surface area contributed by atoms with Gasteiger partial charge in [-0.1, -0.05) is 26.7 Å². The van der Waals surface area contributed by atoms with E-state index >= 15 is 0 Å². The van der Waals surface area contributed by atoms with Gasteiger partial charge in [-0.3, -0.25) is 0 Å². The number of aldehydes is 1. The molecule has 0 bridgehead atoms. The summed E-state index contributed by atoms with van der Waals surface area (Å²) >= 11 is 0. The fraction of sp³-hybridized carbons (Fsp3) is 0.909. The summed E-state index contributed by atoms with van der Waals surface area (Å²) in [4.78, 5) is 10.2. The lowest BCUT2D eigenvalue weighted by Crippen LogP contribution is -2.09. The van der Waals surface area contributed by atoms with Crippen molar-refractivity contribution in [2.24, 2.45) is 5.92 Å². The topological polar surface area (TPSA) is 26.3 Å². The van der Waals surface area contributed by atoms with Crippen LogP contribution in [0.25, 0.3) is 0 Å². The molecular weight excluding hydrogens is 164 g/mol. The molecule has 1 atom stereocenters. The van der Waals surface area contributed by atoms with Gasteiger partial charge in [-0.25, -0.2) is 0 Å². The van der Waals surface area contributed by atoms with Gasteiger partial charge in [-0.2, -0.15) is 0 Å². The van der Waals surface area contributed by atoms with Crippen molar-refractivity contribution in [1.29, 1.82) is 0 Å². The van der Waals surface area contributed by atoms with Crippen LogP contribution in [0.5, 0.6) is 0 Å². The van der Waals surface area contributed by atoms with E-state index in [0.717, 1.165) is 38.8 Å². The van der Waals surface area contributed by atoms with Gasteiger partial charge in [0.05, 0.1) is 0 Å². The van der Waals surface area contributed by atoms with Crippen molar-refractivity contribution in [2.75, 3.05) is 13.2 Å². The molecule has 2 nitrogen and oxygen atoms in total. The van der Waals surface area contributed by atoms with Gasteiger partial charge < -0.3 is 9.53 Å². The van der Waals surface area contributed by atoms with Crippen LogP contribution < -0.4 is 0 Å². The van der Waals surface area contributed by atoms with Crippen molar-refractivity contribution in [3.8, 4) is 0 Å². The average molecular weight is 186 g/mol. The second-order valence-corrected chi connectivity index (χ2v) is 3.45. The third-order valence-corrected chi connectivity index (χ3v) is 2.27. The Kier molecular flexibility index (Phi) is 9.44. The number of unbranched alkanes of at least 4 members (excludes halogenated alkanes) is 1. The summed E-state index contributed by atoms with van der Waals surface area (Å²) in [5.74, 6) is 0.571. The fourth-order valence-corrected chi connectivity index (χ4v) is 1.21. The highest BCUT2D eigenvalue weighted by Crippen LogP contribution is 2.10. The highest BCUT2D eigenvalue weighted by atomic mass is 16.5. The molecule has 0 unspecified atom stereocenters. The molecule has 0 heterocycles. The Morgan fingerprint density at radius 1 is 1.38 bits per heavy atom.